The lowest BCUT2D eigenvalue weighted by Gasteiger charge is -2.33. The summed E-state index contributed by atoms with van der Waals surface area (Å²) in [5.74, 6) is -0.967. The quantitative estimate of drug-likeness (QED) is 0.305. The standard InChI is InChI=1S/C30H35Cl2N3O4S/c1-19(2)33-30(37)23(6)34(17-25-26(31)10-8-11-27(25)32)29(36)18-35(28-12-7-9-21(4)22(28)5)40(38,39)24-15-13-20(3)14-16-24/h7-16,19,23H,17-18H2,1-6H3,(H,33,37)/t23-/m1/s1. The van der Waals surface area contributed by atoms with Crippen LogP contribution in [-0.4, -0.2) is 43.8 Å². The van der Waals surface area contributed by atoms with E-state index in [2.05, 4.69) is 5.32 Å². The Morgan fingerprint density at radius 3 is 2.02 bits per heavy atom. The molecule has 0 spiro atoms. The van der Waals surface area contributed by atoms with E-state index in [1.807, 2.05) is 40.7 Å². The van der Waals surface area contributed by atoms with Gasteiger partial charge in [0, 0.05) is 28.2 Å². The summed E-state index contributed by atoms with van der Waals surface area (Å²) in [7, 11) is -4.16. The number of amides is 2. The normalized spacial score (nSPS) is 12.2. The molecule has 0 aromatic heterocycles. The van der Waals surface area contributed by atoms with Gasteiger partial charge in [0.15, 0.2) is 0 Å². The zero-order valence-electron chi connectivity index (χ0n) is 23.5. The van der Waals surface area contributed by atoms with E-state index >= 15 is 0 Å². The van der Waals surface area contributed by atoms with Gasteiger partial charge in [0.1, 0.15) is 12.6 Å². The number of hydrogen-bond donors (Lipinski definition) is 1. The Hall–Kier alpha value is -3.07. The van der Waals surface area contributed by atoms with Crippen LogP contribution in [0.1, 0.15) is 43.0 Å². The Kier molecular flexibility index (Phi) is 10.3. The molecule has 0 bridgehead atoms. The van der Waals surface area contributed by atoms with Gasteiger partial charge in [-0.05, 0) is 83.0 Å². The summed E-state index contributed by atoms with van der Waals surface area (Å²) in [4.78, 5) is 28.5. The third kappa shape index (κ3) is 7.16. The summed E-state index contributed by atoms with van der Waals surface area (Å²) >= 11 is 12.8. The number of nitrogens with zero attached hydrogens (tertiary/aromatic N) is 2. The topological polar surface area (TPSA) is 86.8 Å². The summed E-state index contributed by atoms with van der Waals surface area (Å²) in [6, 6.07) is 15.6. The molecule has 0 aliphatic rings. The highest BCUT2D eigenvalue weighted by Gasteiger charge is 2.34. The predicted molar refractivity (Wildman–Crippen MR) is 161 cm³/mol. The Bertz CT molecular complexity index is 1470. The van der Waals surface area contributed by atoms with Crippen molar-refractivity contribution in [2.45, 2.75) is 65.1 Å². The Balaban J connectivity index is 2.11. The fraction of sp³-hybridized carbons (Fsp3) is 0.333. The predicted octanol–water partition coefficient (Wildman–Crippen LogP) is 6.06. The highest BCUT2D eigenvalue weighted by Crippen LogP contribution is 2.30. The number of rotatable bonds is 10. The lowest BCUT2D eigenvalue weighted by molar-refractivity contribution is -0.139. The monoisotopic (exact) mass is 603 g/mol. The van der Waals surface area contributed by atoms with E-state index in [4.69, 9.17) is 23.2 Å². The third-order valence-electron chi connectivity index (χ3n) is 6.72. The van der Waals surface area contributed by atoms with E-state index in [9.17, 15) is 18.0 Å². The van der Waals surface area contributed by atoms with Crippen molar-refractivity contribution in [3.63, 3.8) is 0 Å². The molecule has 0 radical (unpaired) electrons. The van der Waals surface area contributed by atoms with Gasteiger partial charge >= 0.3 is 0 Å². The van der Waals surface area contributed by atoms with Crippen LogP contribution in [0.15, 0.2) is 65.6 Å². The van der Waals surface area contributed by atoms with Crippen LogP contribution in [0.25, 0.3) is 0 Å². The summed E-state index contributed by atoms with van der Waals surface area (Å²) in [5.41, 5.74) is 3.34. The molecule has 0 heterocycles. The number of carbonyl (C=O) groups is 2. The largest absolute Gasteiger partial charge is 0.352 e. The maximum atomic E-state index is 14.1. The van der Waals surface area contributed by atoms with Gasteiger partial charge in [-0.1, -0.05) is 59.1 Å². The Labute approximate surface area is 247 Å². The van der Waals surface area contributed by atoms with E-state index in [1.165, 1.54) is 17.0 Å². The number of halogens is 2. The molecule has 10 heteroatoms. The van der Waals surface area contributed by atoms with Crippen LogP contribution in [-0.2, 0) is 26.2 Å². The van der Waals surface area contributed by atoms with Crippen LogP contribution in [0.2, 0.25) is 10.0 Å². The fourth-order valence-corrected chi connectivity index (χ4v) is 6.19. The van der Waals surface area contributed by atoms with Gasteiger partial charge in [-0.15, -0.1) is 0 Å². The molecular formula is C30H35Cl2N3O4S. The van der Waals surface area contributed by atoms with Gasteiger partial charge in [-0.3, -0.25) is 13.9 Å². The molecule has 0 aliphatic carbocycles. The molecule has 3 aromatic carbocycles. The maximum absolute atomic E-state index is 14.1. The molecule has 214 valence electrons. The molecule has 2 amide bonds. The van der Waals surface area contributed by atoms with Crippen molar-refractivity contribution in [1.82, 2.24) is 10.2 Å². The van der Waals surface area contributed by atoms with Crippen LogP contribution in [0.4, 0.5) is 5.69 Å². The average Bonchev–Trinajstić information content (AvgIpc) is 2.88. The van der Waals surface area contributed by atoms with Crippen molar-refractivity contribution in [2.24, 2.45) is 0 Å². The number of benzene rings is 3. The number of sulfonamides is 1. The second kappa shape index (κ2) is 13.1. The number of aryl methyl sites for hydroxylation is 2. The van der Waals surface area contributed by atoms with Crippen molar-refractivity contribution >= 4 is 50.7 Å². The molecule has 0 aliphatic heterocycles. The van der Waals surface area contributed by atoms with Gasteiger partial charge in [0.05, 0.1) is 10.6 Å². The van der Waals surface area contributed by atoms with Crippen molar-refractivity contribution in [3.8, 4) is 0 Å². The molecule has 3 rings (SSSR count). The lowest BCUT2D eigenvalue weighted by atomic mass is 10.1. The smallest absolute Gasteiger partial charge is 0.264 e. The number of anilines is 1. The number of carbonyl (C=O) groups excluding carboxylic acids is 2. The van der Waals surface area contributed by atoms with Crippen LogP contribution in [0.3, 0.4) is 0 Å². The van der Waals surface area contributed by atoms with Crippen molar-refractivity contribution in [2.75, 3.05) is 10.8 Å². The fourth-order valence-electron chi connectivity index (χ4n) is 4.20. The molecule has 0 unspecified atom stereocenters. The molecule has 1 atom stereocenters. The van der Waals surface area contributed by atoms with Crippen LogP contribution in [0, 0.1) is 20.8 Å². The number of nitrogens with one attached hydrogen (secondary N) is 1. The van der Waals surface area contributed by atoms with E-state index < -0.39 is 28.5 Å². The second-order valence-electron chi connectivity index (χ2n) is 10.1. The maximum Gasteiger partial charge on any atom is 0.264 e. The molecule has 1 N–H and O–H groups in total. The van der Waals surface area contributed by atoms with Gasteiger partial charge < -0.3 is 10.2 Å². The third-order valence-corrected chi connectivity index (χ3v) is 9.20. The minimum Gasteiger partial charge on any atom is -0.352 e. The zero-order chi connectivity index (χ0) is 29.8. The first-order valence-electron chi connectivity index (χ1n) is 12.9. The van der Waals surface area contributed by atoms with E-state index in [0.717, 1.165) is 21.0 Å². The number of hydrogen-bond acceptors (Lipinski definition) is 4. The van der Waals surface area contributed by atoms with Crippen LogP contribution < -0.4 is 9.62 Å². The molecule has 0 fully saturated rings. The molecule has 3 aromatic rings. The summed E-state index contributed by atoms with van der Waals surface area (Å²) in [6.45, 7) is 10.2. The first-order valence-corrected chi connectivity index (χ1v) is 15.1. The van der Waals surface area contributed by atoms with E-state index in [1.54, 1.807) is 49.4 Å². The summed E-state index contributed by atoms with van der Waals surface area (Å²) < 4.78 is 29.1. The first-order chi connectivity index (χ1) is 18.7. The average molecular weight is 605 g/mol. The highest BCUT2D eigenvalue weighted by atomic mass is 35.5. The van der Waals surface area contributed by atoms with Crippen LogP contribution in [0.5, 0.6) is 0 Å². The van der Waals surface area contributed by atoms with Gasteiger partial charge in [0.2, 0.25) is 11.8 Å². The summed E-state index contributed by atoms with van der Waals surface area (Å²) in [5, 5.41) is 3.49. The Morgan fingerprint density at radius 1 is 0.875 bits per heavy atom. The minimum atomic E-state index is -4.16. The molecule has 7 nitrogen and oxygen atoms in total. The van der Waals surface area contributed by atoms with Gasteiger partial charge in [-0.2, -0.15) is 0 Å². The van der Waals surface area contributed by atoms with E-state index in [-0.39, 0.29) is 23.4 Å². The highest BCUT2D eigenvalue weighted by molar-refractivity contribution is 7.92. The Morgan fingerprint density at radius 2 is 1.45 bits per heavy atom. The molecule has 0 saturated heterocycles. The SMILES string of the molecule is Cc1ccc(S(=O)(=O)N(CC(=O)N(Cc2c(Cl)cccc2Cl)[C@H](C)C(=O)NC(C)C)c2cccc(C)c2C)cc1. The van der Waals surface area contributed by atoms with Gasteiger partial charge in [-0.25, -0.2) is 8.42 Å². The van der Waals surface area contributed by atoms with Gasteiger partial charge in [0.25, 0.3) is 10.0 Å². The van der Waals surface area contributed by atoms with Crippen molar-refractivity contribution < 1.29 is 18.0 Å². The minimum absolute atomic E-state index is 0.0538. The summed E-state index contributed by atoms with van der Waals surface area (Å²) in [6.07, 6.45) is 0. The first kappa shape index (κ1) is 31.5. The molecular weight excluding hydrogens is 569 g/mol. The zero-order valence-corrected chi connectivity index (χ0v) is 25.9. The van der Waals surface area contributed by atoms with E-state index in [0.29, 0.717) is 21.3 Å². The second-order valence-corrected chi connectivity index (χ2v) is 12.8. The van der Waals surface area contributed by atoms with Crippen molar-refractivity contribution in [3.05, 3.63) is 93.0 Å². The molecule has 40 heavy (non-hydrogen) atoms. The lowest BCUT2D eigenvalue weighted by Crippen LogP contribution is -2.52. The molecule has 0 saturated carbocycles. The van der Waals surface area contributed by atoms with Crippen molar-refractivity contribution in [1.29, 1.82) is 0 Å². The van der Waals surface area contributed by atoms with Crippen LogP contribution >= 0.6 is 23.2 Å².